The molecule has 0 saturated carbocycles. The van der Waals surface area contributed by atoms with E-state index in [0.29, 0.717) is 5.76 Å². The number of carbonyl (C=O) groups is 1. The van der Waals surface area contributed by atoms with Crippen molar-refractivity contribution < 1.29 is 9.21 Å². The Morgan fingerprint density at radius 2 is 1.60 bits per heavy atom. The highest BCUT2D eigenvalue weighted by atomic mass is 35.5. The monoisotopic (exact) mass is 356 g/mol. The molecule has 0 aliphatic carbocycles. The van der Waals surface area contributed by atoms with Gasteiger partial charge in [0.25, 0.3) is 5.91 Å². The fraction of sp³-hybridized carbons (Fsp3) is 0.250. The number of rotatable bonds is 3. The third kappa shape index (κ3) is 3.86. The Kier molecular flexibility index (Phi) is 5.41. The zero-order valence-corrected chi connectivity index (χ0v) is 14.7. The molecule has 1 amide bonds. The van der Waals surface area contributed by atoms with Crippen LogP contribution in [0, 0.1) is 0 Å². The van der Waals surface area contributed by atoms with E-state index < -0.39 is 0 Å². The fourth-order valence-corrected chi connectivity index (χ4v) is 3.19. The van der Waals surface area contributed by atoms with E-state index in [1.54, 1.807) is 0 Å². The van der Waals surface area contributed by atoms with Crippen molar-refractivity contribution in [2.24, 2.45) is 0 Å². The largest absolute Gasteiger partial charge is 0.451 e. The summed E-state index contributed by atoms with van der Waals surface area (Å²) >= 11 is 0. The van der Waals surface area contributed by atoms with Gasteiger partial charge in [-0.2, -0.15) is 0 Å². The van der Waals surface area contributed by atoms with Gasteiger partial charge in [-0.3, -0.25) is 9.69 Å². The number of hydrogen-bond acceptors (Lipinski definition) is 3. The molecule has 1 aliphatic heterocycles. The van der Waals surface area contributed by atoms with Gasteiger partial charge in [-0.05, 0) is 17.7 Å². The highest BCUT2D eigenvalue weighted by Gasteiger charge is 2.24. The van der Waals surface area contributed by atoms with Crippen molar-refractivity contribution in [3.05, 3.63) is 72.0 Å². The lowest BCUT2D eigenvalue weighted by Crippen LogP contribution is -2.48. The van der Waals surface area contributed by atoms with Gasteiger partial charge in [0.2, 0.25) is 0 Å². The number of benzene rings is 2. The number of halogens is 1. The normalized spacial score (nSPS) is 15.1. The Balaban J connectivity index is 0.00000182. The van der Waals surface area contributed by atoms with Gasteiger partial charge in [-0.1, -0.05) is 48.5 Å². The first-order valence-electron chi connectivity index (χ1n) is 8.34. The number of piperazine rings is 1. The lowest BCUT2D eigenvalue weighted by molar-refractivity contribution is 0.0600. The Bertz CT molecular complexity index is 806. The van der Waals surface area contributed by atoms with E-state index in [0.717, 1.165) is 43.7 Å². The third-order valence-electron chi connectivity index (χ3n) is 4.54. The van der Waals surface area contributed by atoms with Crippen LogP contribution in [0.5, 0.6) is 0 Å². The van der Waals surface area contributed by atoms with E-state index in [1.165, 1.54) is 5.56 Å². The van der Waals surface area contributed by atoms with Crippen LogP contribution in [0.3, 0.4) is 0 Å². The van der Waals surface area contributed by atoms with Crippen LogP contribution in [-0.2, 0) is 6.54 Å². The second-order valence-corrected chi connectivity index (χ2v) is 6.20. The van der Waals surface area contributed by atoms with E-state index in [1.807, 2.05) is 41.3 Å². The molecule has 0 spiro atoms. The van der Waals surface area contributed by atoms with E-state index in [2.05, 4.69) is 29.2 Å². The number of hydrogen-bond donors (Lipinski definition) is 0. The third-order valence-corrected chi connectivity index (χ3v) is 4.54. The summed E-state index contributed by atoms with van der Waals surface area (Å²) in [6.07, 6.45) is 0. The summed E-state index contributed by atoms with van der Waals surface area (Å²) in [6.45, 7) is 4.20. The summed E-state index contributed by atoms with van der Waals surface area (Å²) in [5.74, 6) is 0.429. The topological polar surface area (TPSA) is 36.7 Å². The van der Waals surface area contributed by atoms with E-state index in [9.17, 15) is 4.79 Å². The standard InChI is InChI=1S/C20H20N2O2.ClH/c23-20(19-14-17-8-4-5-9-18(17)24-19)22-12-10-21(11-13-22)15-16-6-2-1-3-7-16;/h1-9,14H,10-13,15H2;1H. The average Bonchev–Trinajstić information content (AvgIpc) is 3.07. The van der Waals surface area contributed by atoms with Crippen molar-refractivity contribution in [3.8, 4) is 0 Å². The summed E-state index contributed by atoms with van der Waals surface area (Å²) in [7, 11) is 0. The molecule has 0 radical (unpaired) electrons. The van der Waals surface area contributed by atoms with Crippen LogP contribution in [0.4, 0.5) is 0 Å². The molecular weight excluding hydrogens is 336 g/mol. The molecule has 1 aromatic heterocycles. The molecule has 0 bridgehead atoms. The minimum Gasteiger partial charge on any atom is -0.451 e. The molecule has 130 valence electrons. The highest BCUT2D eigenvalue weighted by molar-refractivity contribution is 5.96. The molecule has 3 aromatic rings. The van der Waals surface area contributed by atoms with Crippen molar-refractivity contribution in [1.29, 1.82) is 0 Å². The van der Waals surface area contributed by atoms with Crippen LogP contribution in [0.15, 0.2) is 65.1 Å². The molecule has 2 heterocycles. The van der Waals surface area contributed by atoms with Gasteiger partial charge in [0.1, 0.15) is 5.58 Å². The zero-order chi connectivity index (χ0) is 16.4. The van der Waals surface area contributed by atoms with Crippen LogP contribution in [0.2, 0.25) is 0 Å². The maximum atomic E-state index is 12.6. The van der Waals surface area contributed by atoms with Gasteiger partial charge < -0.3 is 9.32 Å². The smallest absolute Gasteiger partial charge is 0.289 e. The average molecular weight is 357 g/mol. The minimum absolute atomic E-state index is 0. The Labute approximate surface area is 153 Å². The number of fused-ring (bicyclic) bond motifs is 1. The van der Waals surface area contributed by atoms with Crippen molar-refractivity contribution in [2.75, 3.05) is 26.2 Å². The second-order valence-electron chi connectivity index (χ2n) is 6.20. The Hall–Kier alpha value is -2.30. The van der Waals surface area contributed by atoms with Gasteiger partial charge >= 0.3 is 0 Å². The summed E-state index contributed by atoms with van der Waals surface area (Å²) < 4.78 is 5.70. The van der Waals surface area contributed by atoms with Crippen molar-refractivity contribution >= 4 is 29.3 Å². The van der Waals surface area contributed by atoms with Gasteiger partial charge in [0, 0.05) is 38.1 Å². The van der Waals surface area contributed by atoms with E-state index >= 15 is 0 Å². The van der Waals surface area contributed by atoms with E-state index in [4.69, 9.17) is 4.42 Å². The van der Waals surface area contributed by atoms with Crippen LogP contribution in [-0.4, -0.2) is 41.9 Å². The number of furan rings is 1. The number of carbonyl (C=O) groups excluding carboxylic acids is 1. The summed E-state index contributed by atoms with van der Waals surface area (Å²) in [5.41, 5.74) is 2.08. The van der Waals surface area contributed by atoms with E-state index in [-0.39, 0.29) is 18.3 Å². The van der Waals surface area contributed by atoms with Crippen molar-refractivity contribution in [3.63, 3.8) is 0 Å². The molecule has 0 N–H and O–H groups in total. The first-order valence-corrected chi connectivity index (χ1v) is 8.34. The molecule has 1 aliphatic rings. The maximum Gasteiger partial charge on any atom is 0.289 e. The highest BCUT2D eigenvalue weighted by Crippen LogP contribution is 2.20. The first kappa shape index (κ1) is 17.5. The molecule has 0 atom stereocenters. The molecule has 2 aromatic carbocycles. The summed E-state index contributed by atoms with van der Waals surface area (Å²) in [5, 5.41) is 0.976. The molecule has 5 heteroatoms. The quantitative estimate of drug-likeness (QED) is 0.716. The second kappa shape index (κ2) is 7.72. The summed E-state index contributed by atoms with van der Waals surface area (Å²) in [6, 6.07) is 20.0. The van der Waals surface area contributed by atoms with Crippen molar-refractivity contribution in [1.82, 2.24) is 9.80 Å². The molecular formula is C20H21ClN2O2. The molecule has 25 heavy (non-hydrogen) atoms. The SMILES string of the molecule is Cl.O=C(c1cc2ccccc2o1)N1CCN(Cc2ccccc2)CC1. The molecule has 1 saturated heterocycles. The van der Waals surface area contributed by atoms with Gasteiger partial charge in [-0.15, -0.1) is 12.4 Å². The number of amides is 1. The molecule has 1 fully saturated rings. The van der Waals surface area contributed by atoms with Gasteiger partial charge in [0.15, 0.2) is 5.76 Å². The number of para-hydroxylation sites is 1. The molecule has 0 unspecified atom stereocenters. The summed E-state index contributed by atoms with van der Waals surface area (Å²) in [4.78, 5) is 16.9. The van der Waals surface area contributed by atoms with Crippen LogP contribution >= 0.6 is 12.4 Å². The zero-order valence-electron chi connectivity index (χ0n) is 13.9. The number of nitrogens with zero attached hydrogens (tertiary/aromatic N) is 2. The molecule has 4 nitrogen and oxygen atoms in total. The van der Waals surface area contributed by atoms with Crippen LogP contribution < -0.4 is 0 Å². The fourth-order valence-electron chi connectivity index (χ4n) is 3.19. The predicted octanol–water partition coefficient (Wildman–Crippen LogP) is 3.81. The van der Waals surface area contributed by atoms with Crippen LogP contribution in [0.25, 0.3) is 11.0 Å². The Morgan fingerprint density at radius 3 is 2.32 bits per heavy atom. The van der Waals surface area contributed by atoms with Crippen LogP contribution in [0.1, 0.15) is 16.1 Å². The molecule has 4 rings (SSSR count). The van der Waals surface area contributed by atoms with Gasteiger partial charge in [-0.25, -0.2) is 0 Å². The maximum absolute atomic E-state index is 12.6. The predicted molar refractivity (Wildman–Crippen MR) is 101 cm³/mol. The minimum atomic E-state index is -0.00874. The van der Waals surface area contributed by atoms with Gasteiger partial charge in [0.05, 0.1) is 0 Å². The lowest BCUT2D eigenvalue weighted by atomic mass is 10.2. The van der Waals surface area contributed by atoms with Crippen molar-refractivity contribution in [2.45, 2.75) is 6.54 Å². The Morgan fingerprint density at radius 1 is 0.920 bits per heavy atom. The lowest BCUT2D eigenvalue weighted by Gasteiger charge is -2.34. The first-order chi connectivity index (χ1) is 11.8.